The van der Waals surface area contributed by atoms with Gasteiger partial charge < -0.3 is 28.8 Å². The summed E-state index contributed by atoms with van der Waals surface area (Å²) in [5.74, 6) is -0.101. The van der Waals surface area contributed by atoms with Crippen LogP contribution in [0.2, 0.25) is 0 Å². The number of carbonyl (C=O) groups excluding carboxylic acids is 2. The number of ether oxygens (including phenoxy) is 4. The molecule has 0 unspecified atom stereocenters. The molecule has 0 fully saturated rings. The molecule has 0 saturated heterocycles. The highest BCUT2D eigenvalue weighted by molar-refractivity contribution is 7.00. The number of Topliss-reactive ketones (excluding diaryl/α,β-unsaturated/α-hetero) is 1. The van der Waals surface area contributed by atoms with Crippen LogP contribution in [0.3, 0.4) is 0 Å². The van der Waals surface area contributed by atoms with Crippen LogP contribution >= 0.6 is 11.7 Å². The fourth-order valence-corrected chi connectivity index (χ4v) is 5.04. The van der Waals surface area contributed by atoms with Gasteiger partial charge in [-0.05, 0) is 101 Å². The second-order valence-corrected chi connectivity index (χ2v) is 11.3. The first-order chi connectivity index (χ1) is 20.5. The first-order valence-electron chi connectivity index (χ1n) is 14.0. The monoisotopic (exact) mass is 603 g/mol. The predicted octanol–water partition coefficient (Wildman–Crippen LogP) is 5.69. The summed E-state index contributed by atoms with van der Waals surface area (Å²) in [4.78, 5) is 26.9. The molecule has 1 aromatic heterocycles. The number of methoxy groups -OCH3 is 1. The van der Waals surface area contributed by atoms with Crippen LogP contribution in [0, 0.1) is 0 Å². The second-order valence-electron chi connectivity index (χ2n) is 10.8. The van der Waals surface area contributed by atoms with E-state index in [0.717, 1.165) is 11.7 Å². The van der Waals surface area contributed by atoms with Gasteiger partial charge in [-0.1, -0.05) is 6.07 Å². The van der Waals surface area contributed by atoms with E-state index in [2.05, 4.69) is 8.75 Å². The number of hydrogen-bond acceptors (Lipinski definition) is 10. The van der Waals surface area contributed by atoms with Crippen LogP contribution in [0.15, 0.2) is 60.2 Å². The number of allylic oxidation sites excluding steroid dienone is 1. The smallest absolute Gasteiger partial charge is 0.203 e. The Morgan fingerprint density at radius 1 is 0.767 bits per heavy atom. The molecule has 4 rings (SSSR count). The lowest BCUT2D eigenvalue weighted by Crippen LogP contribution is -2.27. The Bertz CT molecular complexity index is 1610. The van der Waals surface area contributed by atoms with Gasteiger partial charge in [0.05, 0.1) is 43.1 Å². The molecule has 10 heteroatoms. The minimum Gasteiger partial charge on any atom is -0.545 e. The zero-order valence-corrected chi connectivity index (χ0v) is 26.1. The molecule has 0 saturated carbocycles. The first-order valence-corrected chi connectivity index (χ1v) is 14.7. The number of fused-ring (bicyclic) bond motifs is 1. The summed E-state index contributed by atoms with van der Waals surface area (Å²) in [5.41, 5.74) is 2.10. The molecule has 0 atom stereocenters. The molecular weight excluding hydrogens is 568 g/mol. The molecule has 0 bridgehead atoms. The van der Waals surface area contributed by atoms with E-state index in [1.54, 1.807) is 54.6 Å². The maximum Gasteiger partial charge on any atom is 0.203 e. The van der Waals surface area contributed by atoms with Gasteiger partial charge in [0.2, 0.25) is 5.75 Å². The molecule has 9 nitrogen and oxygen atoms in total. The van der Waals surface area contributed by atoms with Gasteiger partial charge in [0.15, 0.2) is 17.3 Å². The molecule has 0 N–H and O–H groups in total. The molecule has 0 aliphatic carbocycles. The van der Waals surface area contributed by atoms with E-state index in [1.165, 1.54) is 7.11 Å². The van der Waals surface area contributed by atoms with Crippen molar-refractivity contribution in [3.05, 3.63) is 76.9 Å². The lowest BCUT2D eigenvalue weighted by molar-refractivity contribution is -0.295. The fraction of sp³-hybridized carbons (Fsp3) is 0.333. The molecule has 0 radical (unpaired) electrons. The lowest BCUT2D eigenvalue weighted by atomic mass is 9.89. The number of carboxylic acids is 1. The molecule has 226 valence electrons. The number of nitrogens with zero attached hydrogens (tertiary/aromatic N) is 2. The molecule has 43 heavy (non-hydrogen) atoms. The van der Waals surface area contributed by atoms with E-state index in [4.69, 9.17) is 18.9 Å². The van der Waals surface area contributed by atoms with Gasteiger partial charge >= 0.3 is 0 Å². The van der Waals surface area contributed by atoms with E-state index in [0.29, 0.717) is 45.2 Å². The van der Waals surface area contributed by atoms with Gasteiger partial charge in [0.1, 0.15) is 16.8 Å². The predicted molar refractivity (Wildman–Crippen MR) is 164 cm³/mol. The van der Waals surface area contributed by atoms with Crippen LogP contribution in [0.1, 0.15) is 63.0 Å². The van der Waals surface area contributed by atoms with Crippen LogP contribution < -0.4 is 24.1 Å². The van der Waals surface area contributed by atoms with Crippen molar-refractivity contribution in [2.75, 3.05) is 7.11 Å². The minimum absolute atomic E-state index is 0.0243. The fourth-order valence-electron chi connectivity index (χ4n) is 4.52. The first kappa shape index (κ1) is 31.5. The Hall–Kier alpha value is -4.44. The highest BCUT2D eigenvalue weighted by Gasteiger charge is 2.24. The molecule has 0 aliphatic rings. The summed E-state index contributed by atoms with van der Waals surface area (Å²) < 4.78 is 32.1. The van der Waals surface area contributed by atoms with Crippen LogP contribution in [-0.4, -0.2) is 45.9 Å². The van der Waals surface area contributed by atoms with E-state index in [9.17, 15) is 14.7 Å². The summed E-state index contributed by atoms with van der Waals surface area (Å²) in [7, 11) is 1.53. The zero-order chi connectivity index (χ0) is 31.3. The Morgan fingerprint density at radius 2 is 1.33 bits per heavy atom. The summed E-state index contributed by atoms with van der Waals surface area (Å²) >= 11 is 1.02. The average Bonchev–Trinajstić information content (AvgIpc) is 3.41. The van der Waals surface area contributed by atoms with Gasteiger partial charge in [0, 0.05) is 23.1 Å². The van der Waals surface area contributed by atoms with Crippen LogP contribution in [0.25, 0.3) is 16.6 Å². The third-order valence-electron chi connectivity index (χ3n) is 6.21. The average molecular weight is 604 g/mol. The van der Waals surface area contributed by atoms with Crippen molar-refractivity contribution in [3.8, 4) is 23.0 Å². The zero-order valence-electron chi connectivity index (χ0n) is 25.3. The Balaban J connectivity index is 1.95. The molecule has 0 spiro atoms. The molecular formula is C33H35N2O7S-. The van der Waals surface area contributed by atoms with E-state index < -0.39 is 11.8 Å². The third-order valence-corrected chi connectivity index (χ3v) is 6.77. The minimum atomic E-state index is -1.49. The molecule has 0 amide bonds. The lowest BCUT2D eigenvalue weighted by Gasteiger charge is -2.23. The maximum absolute atomic E-state index is 14.1. The van der Waals surface area contributed by atoms with E-state index in [-0.39, 0.29) is 41.4 Å². The normalized spacial score (nSPS) is 12.0. The highest BCUT2D eigenvalue weighted by Crippen LogP contribution is 2.42. The van der Waals surface area contributed by atoms with E-state index >= 15 is 0 Å². The maximum atomic E-state index is 14.1. The number of aromatic nitrogens is 2. The van der Waals surface area contributed by atoms with Gasteiger partial charge in [-0.15, -0.1) is 0 Å². The second kappa shape index (κ2) is 13.7. The number of carboxylic acid groups (broad SMARTS) is 1. The van der Waals surface area contributed by atoms with Crippen molar-refractivity contribution < 1.29 is 33.6 Å². The van der Waals surface area contributed by atoms with Crippen LogP contribution in [0.5, 0.6) is 23.0 Å². The molecule has 1 heterocycles. The van der Waals surface area contributed by atoms with Crippen LogP contribution in [-0.2, 0) is 11.2 Å². The van der Waals surface area contributed by atoms with Gasteiger partial charge in [-0.3, -0.25) is 4.79 Å². The SMILES string of the molecule is COc1ccc(C(=O)/C(Cc2cc(OC(C)C)c(OC(C)C)c(OC(C)C)c2)=C(\C(=O)[O-])c2ccc3nsnc3c2)cc1. The van der Waals surface area contributed by atoms with Crippen molar-refractivity contribution in [2.45, 2.75) is 66.3 Å². The van der Waals surface area contributed by atoms with Crippen molar-refractivity contribution >= 4 is 40.1 Å². The molecule has 4 aromatic rings. The summed E-state index contributed by atoms with van der Waals surface area (Å²) in [6.45, 7) is 11.4. The van der Waals surface area contributed by atoms with Gasteiger partial charge in [-0.2, -0.15) is 8.75 Å². The summed E-state index contributed by atoms with van der Waals surface area (Å²) in [6, 6.07) is 14.9. The van der Waals surface area contributed by atoms with Gasteiger partial charge in [0.25, 0.3) is 0 Å². The standard InChI is InChI=1S/C33H36N2O7S/c1-18(2)40-28-15-21(16-29(41-19(3)4)32(28)42-20(5)6)14-25(31(36)22-8-11-24(39-7)12-9-22)30(33(37)38)23-10-13-26-27(17-23)35-43-34-26/h8-13,15-20H,14H2,1-7H3,(H,37,38)/p-1/b30-25-. The number of carbonyl (C=O) groups is 2. The largest absolute Gasteiger partial charge is 0.545 e. The Labute approximate surface area is 255 Å². The van der Waals surface area contributed by atoms with Crippen molar-refractivity contribution in [1.29, 1.82) is 0 Å². The third kappa shape index (κ3) is 7.70. The van der Waals surface area contributed by atoms with Crippen molar-refractivity contribution in [3.63, 3.8) is 0 Å². The summed E-state index contributed by atoms with van der Waals surface area (Å²) in [5, 5.41) is 12.8. The summed E-state index contributed by atoms with van der Waals surface area (Å²) in [6.07, 6.45) is -0.608. The number of aliphatic carboxylic acids is 1. The quantitative estimate of drug-likeness (QED) is 0.140. The Kier molecular flexibility index (Phi) is 10.0. The van der Waals surface area contributed by atoms with E-state index in [1.807, 2.05) is 41.5 Å². The number of benzene rings is 3. The molecule has 0 aliphatic heterocycles. The highest BCUT2D eigenvalue weighted by atomic mass is 32.1. The number of ketones is 1. The van der Waals surface area contributed by atoms with Crippen molar-refractivity contribution in [2.24, 2.45) is 0 Å². The number of hydrogen-bond donors (Lipinski definition) is 0. The topological polar surface area (TPSA) is 120 Å². The number of rotatable bonds is 13. The van der Waals surface area contributed by atoms with Crippen molar-refractivity contribution in [1.82, 2.24) is 8.75 Å². The van der Waals surface area contributed by atoms with Gasteiger partial charge in [-0.25, -0.2) is 0 Å². The van der Waals surface area contributed by atoms with Crippen LogP contribution in [0.4, 0.5) is 0 Å². The molecule has 3 aromatic carbocycles. The Morgan fingerprint density at radius 3 is 1.86 bits per heavy atom.